The average Bonchev–Trinajstić information content (AvgIpc) is 0.778. The van der Waals surface area contributed by atoms with Gasteiger partial charge in [0, 0.05) is 74.8 Å². The summed E-state index contributed by atoms with van der Waals surface area (Å²) in [7, 11) is 60.0. The fourth-order valence-corrected chi connectivity index (χ4v) is 19.1. The molecule has 0 aliphatic heterocycles. The standard InChI is InChI=1S/C20H26FOP.C18H22FOP.C15H16FOP.2C14H14FOP.C13H12FOP.12ClH.6Zr/c1-19(2,3)13-11-14(20(4,5)6)18(22)17(12-13)23-16-10-8-7-9-15(16)21;1-11-9-13(18(3,4)5)16(20)15(10-11)21-17-12(2)7-6-8-14(17)19;1-9-7-11(3)14(17)13(8-9)18-15-10(2)5-4-6-12(15)16;1-9-5-4-8-12(13(9)16)17-14-10(2)6-3-7-11(14)15;1-9-6-7-12(16)13(8-9)17-14-10(2)4-3-5-11(14)15;1-9-5-4-6-10(14)13(9)16-12-8-3-2-7-11(12)15;;;;;;;;;;;;;;;;;;/h7-12,22-23H,1-6H3;6-10,20-21H,1-5H3;4-8,17-18H,1-3H3;2*3-8,16-17H,1-2H3;2-8,15-16H,1H3;12*1H;;;;;;/q;;;;;;;;;;;;;;;;;;6*+2/p-12. The molecule has 0 saturated heterocycles. The molecule has 696 valence electrons. The third kappa shape index (κ3) is 47.5. The van der Waals surface area contributed by atoms with Gasteiger partial charge in [0.2, 0.25) is 0 Å². The zero-order valence-electron chi connectivity index (χ0n) is 74.7. The summed E-state index contributed by atoms with van der Waals surface area (Å²) in [6.07, 6.45) is 0. The van der Waals surface area contributed by atoms with Crippen LogP contribution in [0.25, 0.3) is 0 Å². The predicted molar refractivity (Wildman–Crippen MR) is 546 cm³/mol. The monoisotopic (exact) mass is 2590 g/mol. The molecule has 0 spiro atoms. The summed E-state index contributed by atoms with van der Waals surface area (Å²) in [5, 5.41) is 69.5. The van der Waals surface area contributed by atoms with E-state index in [1.807, 2.05) is 178 Å². The molecule has 0 amide bonds. The number of aromatic hydroxyl groups is 6. The Bertz CT molecular complexity index is 5300. The number of aryl methyl sites for hydroxylation is 10. The molecule has 0 aliphatic carbocycles. The third-order valence-electron chi connectivity index (χ3n) is 18.1. The molecular weight excluding hydrogens is 2500 g/mol. The second kappa shape index (κ2) is 68.5. The first kappa shape index (κ1) is 128. The van der Waals surface area contributed by atoms with E-state index in [1.54, 1.807) is 60.7 Å². The Morgan fingerprint density at radius 2 is 0.492 bits per heavy atom. The van der Waals surface area contributed by atoms with Gasteiger partial charge in [-0.15, -0.1) is 0 Å². The quantitative estimate of drug-likeness (QED) is 0.0535. The van der Waals surface area contributed by atoms with Crippen molar-refractivity contribution in [2.75, 3.05) is 0 Å². The number of hydrogen-bond donors (Lipinski definition) is 6. The molecule has 0 bridgehead atoms. The fourth-order valence-electron chi connectivity index (χ4n) is 11.7. The molecule has 0 heterocycles. The Morgan fingerprint density at radius 1 is 0.223 bits per heavy atom. The van der Waals surface area contributed by atoms with Crippen molar-refractivity contribution < 1.29 is 182 Å². The van der Waals surface area contributed by atoms with E-state index in [9.17, 15) is 57.0 Å². The first-order valence-electron chi connectivity index (χ1n) is 38.8. The molecule has 0 aromatic heterocycles. The second-order valence-corrected chi connectivity index (χ2v) is 61.3. The Labute approximate surface area is 888 Å². The normalized spacial score (nSPS) is 10.8. The van der Waals surface area contributed by atoms with E-state index in [0.717, 1.165) is 98.6 Å². The Hall–Kier alpha value is 0.379. The van der Waals surface area contributed by atoms with Crippen molar-refractivity contribution in [3.8, 4) is 34.5 Å². The zero-order valence-corrected chi connectivity index (χ0v) is 105. The minimum absolute atomic E-state index is 0.0256. The Balaban J connectivity index is 0.000000753. The van der Waals surface area contributed by atoms with E-state index in [1.165, 1.54) is 42.0 Å². The van der Waals surface area contributed by atoms with Crippen molar-refractivity contribution in [1.82, 2.24) is 0 Å². The van der Waals surface area contributed by atoms with Crippen molar-refractivity contribution >= 4 is 217 Å². The van der Waals surface area contributed by atoms with Gasteiger partial charge >= 0.3 is 227 Å². The van der Waals surface area contributed by atoms with Gasteiger partial charge in [-0.2, -0.15) is 0 Å². The van der Waals surface area contributed by atoms with Gasteiger partial charge in [0.05, 0.1) is 0 Å². The van der Waals surface area contributed by atoms with E-state index < -0.39 is 125 Å². The SMILES string of the molecule is CC(C)(C)c1cc(Pc2ccccc2F)c(O)c(C(C)(C)C)c1.Cc1cc(C)c(O)c(Pc2c(C)cccc2F)c1.Cc1cc(Pc2c(C)cccc2F)c(O)c(C(C)(C)C)c1.Cc1ccc(O)c(Pc2c(C)cccc2F)c1.Cc1cccc(F)c1Pc1ccccc1O.Cc1cccc(Pc2c(C)cccc2F)c1O.[Cl][Zr][Cl].[Cl][Zr][Cl].[Cl][Zr][Cl].[Cl][Zr][Cl].[Cl][Zr][Cl].[Cl][Zr][Cl]. The molecule has 12 aromatic carbocycles. The van der Waals surface area contributed by atoms with Gasteiger partial charge < -0.3 is 30.6 Å². The first-order valence-corrected chi connectivity index (χ1v) is 82.8. The van der Waals surface area contributed by atoms with Crippen LogP contribution in [0.15, 0.2) is 212 Å². The molecule has 0 radical (unpaired) electrons. The van der Waals surface area contributed by atoms with Crippen LogP contribution in [0.4, 0.5) is 26.3 Å². The van der Waals surface area contributed by atoms with E-state index in [2.05, 4.69) is 68.4 Å². The molecule has 6 atom stereocenters. The first-order chi connectivity index (χ1) is 61.0. The van der Waals surface area contributed by atoms with Crippen molar-refractivity contribution in [2.24, 2.45) is 0 Å². The summed E-state index contributed by atoms with van der Waals surface area (Å²) < 4.78 is 82.8. The van der Waals surface area contributed by atoms with Crippen LogP contribution < -0.4 is 63.7 Å². The summed E-state index contributed by atoms with van der Waals surface area (Å²) >= 11 is -4.95. The van der Waals surface area contributed by atoms with Gasteiger partial charge in [0.25, 0.3) is 0 Å². The molecule has 0 aliphatic rings. The number of phenols is 6. The Kier molecular flexibility index (Phi) is 67.7. The second-order valence-electron chi connectivity index (χ2n) is 31.2. The van der Waals surface area contributed by atoms with Crippen molar-refractivity contribution in [1.29, 1.82) is 0 Å². The molecule has 36 heteroatoms. The molecule has 6 nitrogen and oxygen atoms in total. The van der Waals surface area contributed by atoms with E-state index in [0.29, 0.717) is 43.3 Å². The van der Waals surface area contributed by atoms with E-state index >= 15 is 0 Å². The maximum absolute atomic E-state index is 14.0. The van der Waals surface area contributed by atoms with Crippen LogP contribution in [0.1, 0.15) is 135 Å². The minimum atomic E-state index is -0.826. The molecular formula is C94H104Cl12F6O6P6Zr6. The van der Waals surface area contributed by atoms with Crippen LogP contribution in [0, 0.1) is 104 Å². The van der Waals surface area contributed by atoms with Gasteiger partial charge in [-0.05, 0) is 214 Å². The van der Waals surface area contributed by atoms with Crippen LogP contribution in [0.2, 0.25) is 0 Å². The number of para-hydroxylation sites is 2. The van der Waals surface area contributed by atoms with E-state index in [-0.39, 0.29) is 126 Å². The third-order valence-corrected chi connectivity index (χ3v) is 27.2. The predicted octanol–water partition coefficient (Wildman–Crippen LogP) is 28.2. The van der Waals surface area contributed by atoms with Gasteiger partial charge in [0.1, 0.15) is 69.4 Å². The molecule has 12 aromatic rings. The number of halogens is 18. The average molecular weight is 2600 g/mol. The molecule has 6 N–H and O–H groups in total. The molecule has 12 rings (SSSR count). The van der Waals surface area contributed by atoms with Crippen LogP contribution in [0.3, 0.4) is 0 Å². The summed E-state index contributed by atoms with van der Waals surface area (Å²) in [5.41, 5.74) is 12.2. The van der Waals surface area contributed by atoms with Gasteiger partial charge in [-0.3, -0.25) is 0 Å². The van der Waals surface area contributed by atoms with Crippen LogP contribution in [-0.2, 0) is 141 Å². The number of hydrogen-bond acceptors (Lipinski definition) is 6. The Morgan fingerprint density at radius 3 is 0.854 bits per heavy atom. The van der Waals surface area contributed by atoms with Crippen molar-refractivity contribution in [3.05, 3.63) is 320 Å². The summed E-state index contributed by atoms with van der Waals surface area (Å²) in [4.78, 5) is 0. The van der Waals surface area contributed by atoms with Crippen LogP contribution in [0.5, 0.6) is 34.5 Å². The van der Waals surface area contributed by atoms with Gasteiger partial charge in [0.15, 0.2) is 0 Å². The maximum atomic E-state index is 14.0. The fraction of sp³-hybridized carbons (Fsp3) is 0.234. The van der Waals surface area contributed by atoms with Gasteiger partial charge in [-0.25, -0.2) is 26.3 Å². The van der Waals surface area contributed by atoms with Crippen molar-refractivity contribution in [3.63, 3.8) is 0 Å². The van der Waals surface area contributed by atoms with Crippen molar-refractivity contribution in [2.45, 2.75) is 148 Å². The number of rotatable bonds is 12. The molecule has 0 saturated carbocycles. The molecule has 6 unspecified atom stereocenters. The summed E-state index contributed by atoms with van der Waals surface area (Å²) in [5.74, 6) is 0.369. The zero-order chi connectivity index (χ0) is 99.1. The van der Waals surface area contributed by atoms with Gasteiger partial charge in [-0.1, -0.05) is 259 Å². The molecule has 0 fully saturated rings. The molecule has 130 heavy (non-hydrogen) atoms. The number of phenolic OH excluding ortho intramolecular Hbond substituents is 6. The summed E-state index contributed by atoms with van der Waals surface area (Å²) in [6, 6.07) is 62.0. The van der Waals surface area contributed by atoms with E-state index in [4.69, 9.17) is 102 Å². The summed E-state index contributed by atoms with van der Waals surface area (Å²) in [6.45, 7) is 38.1. The number of benzene rings is 12. The topological polar surface area (TPSA) is 121 Å². The van der Waals surface area contributed by atoms with Crippen LogP contribution >= 0.6 is 154 Å². The van der Waals surface area contributed by atoms with Crippen LogP contribution in [-0.4, -0.2) is 30.6 Å².